The number of cyclic esters (lactones) is 1. The second-order valence-corrected chi connectivity index (χ2v) is 8.42. The molecule has 0 bridgehead atoms. The highest BCUT2D eigenvalue weighted by Gasteiger charge is 2.38. The first-order valence-electron chi connectivity index (χ1n) is 10.9. The molecule has 37 heavy (non-hydrogen) atoms. The summed E-state index contributed by atoms with van der Waals surface area (Å²) >= 11 is 6.47. The zero-order valence-electron chi connectivity index (χ0n) is 18.9. The fourth-order valence-corrected chi connectivity index (χ4v) is 4.25. The molecule has 2 aliphatic rings. The van der Waals surface area contributed by atoms with Crippen LogP contribution in [-0.2, 0) is 14.3 Å². The average molecular weight is 545 g/mol. The van der Waals surface area contributed by atoms with Crippen LogP contribution in [0.4, 0.5) is 19.1 Å². The van der Waals surface area contributed by atoms with Gasteiger partial charge in [0, 0.05) is 32.6 Å². The van der Waals surface area contributed by atoms with E-state index in [4.69, 9.17) is 31.2 Å². The van der Waals surface area contributed by atoms with Crippen LogP contribution in [0.25, 0.3) is 16.9 Å². The summed E-state index contributed by atoms with van der Waals surface area (Å²) in [6, 6.07) is 6.29. The van der Waals surface area contributed by atoms with Crippen LogP contribution in [0.1, 0.15) is 12.5 Å². The number of imidazole rings is 1. The van der Waals surface area contributed by atoms with Crippen molar-refractivity contribution in [2.45, 2.75) is 18.6 Å². The van der Waals surface area contributed by atoms with E-state index in [1.165, 1.54) is 4.57 Å². The number of nitrogens with zero attached hydrogens (tertiary/aromatic N) is 4. The number of carbonyl (C=O) groups excluding carboxylic acids is 1. The van der Waals surface area contributed by atoms with Gasteiger partial charge in [-0.2, -0.15) is 18.2 Å². The van der Waals surface area contributed by atoms with Crippen molar-refractivity contribution < 1.29 is 32.6 Å². The number of para-hydroxylation sites is 1. The van der Waals surface area contributed by atoms with E-state index in [9.17, 15) is 27.6 Å². The number of carboxylic acid groups (broad SMARTS) is 1. The normalized spacial score (nSPS) is 17.9. The van der Waals surface area contributed by atoms with E-state index in [0.717, 1.165) is 13.1 Å². The van der Waals surface area contributed by atoms with Gasteiger partial charge >= 0.3 is 23.8 Å². The number of carbonyl (C=O) groups is 2. The van der Waals surface area contributed by atoms with Gasteiger partial charge in [-0.3, -0.25) is 18.9 Å². The van der Waals surface area contributed by atoms with E-state index in [1.54, 1.807) is 22.8 Å². The van der Waals surface area contributed by atoms with Crippen LogP contribution in [0.15, 0.2) is 33.9 Å². The molecule has 1 atom stereocenters. The number of esters is 1. The Bertz CT molecular complexity index is 1460. The van der Waals surface area contributed by atoms with Gasteiger partial charge in [0.25, 0.3) is 5.56 Å². The number of piperazine rings is 1. The summed E-state index contributed by atoms with van der Waals surface area (Å²) in [5, 5.41) is 10.8. The molecule has 0 amide bonds. The SMILES string of the molecule is O=C(O)C(F)(F)F.O=C1OCCC1n1c(=O)[nH]c(=O)c2c1nc(N1CCNCC1)n2-c1ccccc1Cl. The van der Waals surface area contributed by atoms with E-state index < -0.39 is 35.4 Å². The highest BCUT2D eigenvalue weighted by molar-refractivity contribution is 6.32. The number of aliphatic carboxylic acids is 1. The highest BCUT2D eigenvalue weighted by Crippen LogP contribution is 2.31. The zero-order valence-corrected chi connectivity index (χ0v) is 19.7. The Morgan fingerprint density at radius 3 is 2.38 bits per heavy atom. The second kappa shape index (κ2) is 10.3. The molecule has 5 rings (SSSR count). The van der Waals surface area contributed by atoms with E-state index in [1.807, 2.05) is 11.0 Å². The van der Waals surface area contributed by atoms with E-state index in [0.29, 0.717) is 36.2 Å². The molecule has 0 spiro atoms. The first-order chi connectivity index (χ1) is 17.5. The minimum atomic E-state index is -5.08. The molecule has 2 fully saturated rings. The molecule has 2 aromatic heterocycles. The van der Waals surface area contributed by atoms with Crippen molar-refractivity contribution in [3.8, 4) is 5.69 Å². The Morgan fingerprint density at radius 1 is 1.16 bits per heavy atom. The summed E-state index contributed by atoms with van der Waals surface area (Å²) in [7, 11) is 0. The zero-order chi connectivity index (χ0) is 26.9. The van der Waals surface area contributed by atoms with Crippen molar-refractivity contribution >= 4 is 40.7 Å². The highest BCUT2D eigenvalue weighted by atomic mass is 35.5. The van der Waals surface area contributed by atoms with Gasteiger partial charge in [-0.05, 0) is 12.1 Å². The maximum atomic E-state index is 12.9. The third kappa shape index (κ3) is 5.17. The number of benzene rings is 1. The molecule has 0 aliphatic carbocycles. The number of hydrogen-bond donors (Lipinski definition) is 3. The standard InChI is InChI=1S/C19H19ClN6O4.C2HF3O2/c20-11-3-1-2-4-12(11)25-14-15(22-18(25)24-8-6-21-7-9-24)26(19(29)23-16(14)27)13-5-10-30-17(13)28;3-2(4,5)1(6)7/h1-4,13,21H,5-10H2,(H,23,27,29);(H,6,7). The van der Waals surface area contributed by atoms with Crippen molar-refractivity contribution in [3.63, 3.8) is 0 Å². The number of carboxylic acids is 1. The van der Waals surface area contributed by atoms with Crippen LogP contribution < -0.4 is 21.5 Å². The molecule has 3 aromatic rings. The predicted molar refractivity (Wildman–Crippen MR) is 124 cm³/mol. The lowest BCUT2D eigenvalue weighted by Crippen LogP contribution is -2.44. The molecule has 16 heteroatoms. The topological polar surface area (TPSA) is 152 Å². The van der Waals surface area contributed by atoms with Gasteiger partial charge < -0.3 is 20.1 Å². The van der Waals surface area contributed by atoms with Crippen molar-refractivity contribution in [2.24, 2.45) is 0 Å². The van der Waals surface area contributed by atoms with Gasteiger partial charge in [-0.15, -0.1) is 0 Å². The van der Waals surface area contributed by atoms with Gasteiger partial charge in [0.15, 0.2) is 11.2 Å². The van der Waals surface area contributed by atoms with Crippen LogP contribution >= 0.6 is 11.6 Å². The fourth-order valence-electron chi connectivity index (χ4n) is 4.03. The number of hydrogen-bond acceptors (Lipinski definition) is 8. The summed E-state index contributed by atoms with van der Waals surface area (Å²) in [6.45, 7) is 3.06. The fraction of sp³-hybridized carbons (Fsp3) is 0.381. The predicted octanol–water partition coefficient (Wildman–Crippen LogP) is 1.06. The molecule has 12 nitrogen and oxygen atoms in total. The van der Waals surface area contributed by atoms with Gasteiger partial charge in [0.2, 0.25) is 5.95 Å². The van der Waals surface area contributed by atoms with E-state index in [-0.39, 0.29) is 17.8 Å². The summed E-state index contributed by atoms with van der Waals surface area (Å²) in [5.41, 5.74) is -0.407. The maximum absolute atomic E-state index is 12.9. The summed E-state index contributed by atoms with van der Waals surface area (Å²) < 4.78 is 39.7. The summed E-state index contributed by atoms with van der Waals surface area (Å²) in [4.78, 5) is 55.8. The molecule has 198 valence electrons. The quantitative estimate of drug-likeness (QED) is 0.411. The number of aromatic nitrogens is 4. The van der Waals surface area contributed by atoms with Crippen molar-refractivity contribution in [3.05, 3.63) is 50.1 Å². The number of ether oxygens (including phenoxy) is 1. The smallest absolute Gasteiger partial charge is 0.475 e. The third-order valence-corrected chi connectivity index (χ3v) is 6.00. The monoisotopic (exact) mass is 544 g/mol. The van der Waals surface area contributed by atoms with E-state index in [2.05, 4.69) is 10.3 Å². The van der Waals surface area contributed by atoms with Crippen molar-refractivity contribution in [1.29, 1.82) is 0 Å². The molecule has 1 aromatic carbocycles. The Labute approximate surface area is 210 Å². The number of H-pyrrole nitrogens is 1. The lowest BCUT2D eigenvalue weighted by Gasteiger charge is -2.28. The average Bonchev–Trinajstić information content (AvgIpc) is 3.44. The van der Waals surface area contributed by atoms with Gasteiger partial charge in [-0.1, -0.05) is 23.7 Å². The largest absolute Gasteiger partial charge is 0.490 e. The molecular formula is C21H20ClF3N6O6. The Kier molecular flexibility index (Phi) is 7.27. The van der Waals surface area contributed by atoms with Crippen molar-refractivity contribution in [1.82, 2.24) is 24.4 Å². The Balaban J connectivity index is 0.000000405. The van der Waals surface area contributed by atoms with Gasteiger partial charge in [-0.25, -0.2) is 14.4 Å². The number of rotatable bonds is 3. The number of halogens is 4. The summed E-state index contributed by atoms with van der Waals surface area (Å²) in [5.74, 6) is -2.77. The molecule has 0 saturated carbocycles. The summed E-state index contributed by atoms with van der Waals surface area (Å²) in [6.07, 6.45) is -4.75. The van der Waals surface area contributed by atoms with E-state index >= 15 is 0 Å². The number of fused-ring (bicyclic) bond motifs is 1. The van der Waals surface area contributed by atoms with Crippen LogP contribution in [0, 0.1) is 0 Å². The van der Waals surface area contributed by atoms with Gasteiger partial charge in [0.1, 0.15) is 6.04 Å². The van der Waals surface area contributed by atoms with Crippen LogP contribution in [0.5, 0.6) is 0 Å². The number of nitrogens with one attached hydrogen (secondary N) is 2. The second-order valence-electron chi connectivity index (χ2n) is 8.01. The Hall–Kier alpha value is -3.85. The minimum absolute atomic E-state index is 0.140. The molecule has 1 unspecified atom stereocenters. The Morgan fingerprint density at radius 2 is 1.81 bits per heavy atom. The van der Waals surface area contributed by atoms with Crippen LogP contribution in [-0.4, -0.2) is 75.1 Å². The molecule has 2 aliphatic heterocycles. The van der Waals surface area contributed by atoms with Gasteiger partial charge in [0.05, 0.1) is 17.3 Å². The van der Waals surface area contributed by atoms with Crippen molar-refractivity contribution in [2.75, 3.05) is 37.7 Å². The third-order valence-electron chi connectivity index (χ3n) is 5.68. The first kappa shape index (κ1) is 26.2. The van der Waals surface area contributed by atoms with Crippen LogP contribution in [0.3, 0.4) is 0 Å². The number of anilines is 1. The molecule has 3 N–H and O–H groups in total. The molecule has 2 saturated heterocycles. The maximum Gasteiger partial charge on any atom is 0.490 e. The molecule has 4 heterocycles. The minimum Gasteiger partial charge on any atom is -0.475 e. The lowest BCUT2D eigenvalue weighted by atomic mass is 10.2. The van der Waals surface area contributed by atoms with Crippen LogP contribution in [0.2, 0.25) is 5.02 Å². The number of alkyl halides is 3. The lowest BCUT2D eigenvalue weighted by molar-refractivity contribution is -0.192. The number of aromatic amines is 1. The molecule has 0 radical (unpaired) electrons. The molecular weight excluding hydrogens is 525 g/mol. The first-order valence-corrected chi connectivity index (χ1v) is 11.3.